The molecule has 0 spiro atoms. The molecule has 2 heterocycles. The first-order chi connectivity index (χ1) is 13.1. The van der Waals surface area contributed by atoms with Gasteiger partial charge < -0.3 is 19.9 Å². The Kier molecular flexibility index (Phi) is 6.36. The standard InChI is InChI=1S/C19H32N6O2/c1-4-20-18(21-15-19(6-7-19)8-11-27-5-2)24-9-10-25(17(26)14-24)16-12-22-23(3)13-16/h12-13H,4-11,14-15H2,1-3H3,(H,20,21). The van der Waals surface area contributed by atoms with Crippen LogP contribution in [0.15, 0.2) is 17.4 Å². The molecule has 1 aromatic rings. The minimum absolute atomic E-state index is 0.0809. The fourth-order valence-electron chi connectivity index (χ4n) is 3.44. The van der Waals surface area contributed by atoms with Crippen LogP contribution in [0.1, 0.15) is 33.1 Å². The SMILES string of the molecule is CCNC(=NCC1(CCOCC)CC1)N1CCN(c2cnn(C)c2)C(=O)C1. The molecule has 0 atom stereocenters. The summed E-state index contributed by atoms with van der Waals surface area (Å²) < 4.78 is 7.24. The molecule has 8 heteroatoms. The number of carbonyl (C=O) groups excluding carboxylic acids is 1. The Morgan fingerprint density at radius 2 is 2.19 bits per heavy atom. The summed E-state index contributed by atoms with van der Waals surface area (Å²) in [4.78, 5) is 21.4. The van der Waals surface area contributed by atoms with Crippen molar-refractivity contribution >= 4 is 17.6 Å². The molecule has 0 unspecified atom stereocenters. The van der Waals surface area contributed by atoms with Crippen molar-refractivity contribution in [3.05, 3.63) is 12.4 Å². The fraction of sp³-hybridized carbons (Fsp3) is 0.737. The molecule has 1 saturated heterocycles. The molecule has 0 radical (unpaired) electrons. The monoisotopic (exact) mass is 376 g/mol. The van der Waals surface area contributed by atoms with Crippen LogP contribution < -0.4 is 10.2 Å². The Balaban J connectivity index is 1.59. The summed E-state index contributed by atoms with van der Waals surface area (Å²) >= 11 is 0. The number of hydrogen-bond acceptors (Lipinski definition) is 4. The molecular weight excluding hydrogens is 344 g/mol. The lowest BCUT2D eigenvalue weighted by Crippen LogP contribution is -2.55. The molecule has 1 aromatic heterocycles. The molecule has 2 aliphatic rings. The van der Waals surface area contributed by atoms with Crippen molar-refractivity contribution in [3.8, 4) is 0 Å². The van der Waals surface area contributed by atoms with E-state index in [-0.39, 0.29) is 5.91 Å². The Bertz CT molecular complexity index is 667. The average molecular weight is 377 g/mol. The number of aromatic nitrogens is 2. The largest absolute Gasteiger partial charge is 0.382 e. The number of ether oxygens (including phenoxy) is 1. The van der Waals surface area contributed by atoms with Gasteiger partial charge in [-0.1, -0.05) is 0 Å². The highest BCUT2D eigenvalue weighted by molar-refractivity contribution is 5.98. The lowest BCUT2D eigenvalue weighted by atomic mass is 10.0. The van der Waals surface area contributed by atoms with Crippen LogP contribution in [0.4, 0.5) is 5.69 Å². The van der Waals surface area contributed by atoms with E-state index >= 15 is 0 Å². The number of aryl methyl sites for hydroxylation is 1. The van der Waals surface area contributed by atoms with E-state index in [9.17, 15) is 4.79 Å². The van der Waals surface area contributed by atoms with Gasteiger partial charge in [0.15, 0.2) is 5.96 Å². The summed E-state index contributed by atoms with van der Waals surface area (Å²) in [5.41, 5.74) is 1.16. The number of piperazine rings is 1. The molecule has 0 bridgehead atoms. The van der Waals surface area contributed by atoms with Crippen LogP contribution in [-0.4, -0.2) is 72.5 Å². The number of guanidine groups is 1. The van der Waals surface area contributed by atoms with Crippen molar-refractivity contribution in [1.29, 1.82) is 0 Å². The van der Waals surface area contributed by atoms with Crippen molar-refractivity contribution in [2.75, 3.05) is 50.8 Å². The molecule has 1 N–H and O–H groups in total. The number of amides is 1. The Morgan fingerprint density at radius 3 is 2.78 bits per heavy atom. The zero-order valence-electron chi connectivity index (χ0n) is 16.8. The number of hydrogen-bond donors (Lipinski definition) is 1. The predicted octanol–water partition coefficient (Wildman–Crippen LogP) is 1.24. The third kappa shape index (κ3) is 5.00. The highest BCUT2D eigenvalue weighted by Gasteiger charge is 2.42. The maximum absolute atomic E-state index is 12.7. The highest BCUT2D eigenvalue weighted by Crippen LogP contribution is 2.49. The summed E-state index contributed by atoms with van der Waals surface area (Å²) in [5, 5.41) is 7.52. The quantitative estimate of drug-likeness (QED) is 0.420. The number of nitrogens with zero attached hydrogens (tertiary/aromatic N) is 5. The van der Waals surface area contributed by atoms with E-state index in [1.807, 2.05) is 20.2 Å². The van der Waals surface area contributed by atoms with E-state index in [0.29, 0.717) is 18.5 Å². The number of nitrogens with one attached hydrogen (secondary N) is 1. The molecule has 1 aliphatic heterocycles. The van der Waals surface area contributed by atoms with Gasteiger partial charge in [0, 0.05) is 52.6 Å². The van der Waals surface area contributed by atoms with Crippen molar-refractivity contribution < 1.29 is 9.53 Å². The van der Waals surface area contributed by atoms with Gasteiger partial charge in [0.25, 0.3) is 0 Å². The molecule has 27 heavy (non-hydrogen) atoms. The molecule has 150 valence electrons. The Labute approximate surface area is 161 Å². The molecule has 0 aromatic carbocycles. The van der Waals surface area contributed by atoms with Crippen molar-refractivity contribution in [3.63, 3.8) is 0 Å². The third-order valence-electron chi connectivity index (χ3n) is 5.36. The first-order valence-corrected chi connectivity index (χ1v) is 9.97. The lowest BCUT2D eigenvalue weighted by molar-refractivity contribution is -0.120. The lowest BCUT2D eigenvalue weighted by Gasteiger charge is -2.35. The molecule has 8 nitrogen and oxygen atoms in total. The van der Waals surface area contributed by atoms with E-state index < -0.39 is 0 Å². The second-order valence-corrected chi connectivity index (χ2v) is 7.46. The summed E-state index contributed by atoms with van der Waals surface area (Å²) in [6.07, 6.45) is 7.12. The second-order valence-electron chi connectivity index (χ2n) is 7.46. The molecule has 2 fully saturated rings. The van der Waals surface area contributed by atoms with E-state index in [4.69, 9.17) is 9.73 Å². The van der Waals surface area contributed by atoms with Crippen LogP contribution in [0.25, 0.3) is 0 Å². The maximum atomic E-state index is 12.7. The highest BCUT2D eigenvalue weighted by atomic mass is 16.5. The minimum Gasteiger partial charge on any atom is -0.382 e. The predicted molar refractivity (Wildman–Crippen MR) is 106 cm³/mol. The van der Waals surface area contributed by atoms with Gasteiger partial charge in [0.2, 0.25) is 5.91 Å². The van der Waals surface area contributed by atoms with Crippen LogP contribution >= 0.6 is 0 Å². The van der Waals surface area contributed by atoms with Crippen molar-refractivity contribution in [2.45, 2.75) is 33.1 Å². The minimum atomic E-state index is 0.0809. The number of aliphatic imine (C=N–C) groups is 1. The van der Waals surface area contributed by atoms with Crippen LogP contribution in [0.5, 0.6) is 0 Å². The molecular formula is C19H32N6O2. The van der Waals surface area contributed by atoms with E-state index in [2.05, 4.69) is 22.2 Å². The molecule has 1 aliphatic carbocycles. The number of anilines is 1. The normalized spacial score (nSPS) is 19.5. The van der Waals surface area contributed by atoms with Gasteiger partial charge in [0.1, 0.15) is 6.54 Å². The summed E-state index contributed by atoms with van der Waals surface area (Å²) in [5.74, 6) is 0.928. The van der Waals surface area contributed by atoms with Gasteiger partial charge in [-0.15, -0.1) is 0 Å². The van der Waals surface area contributed by atoms with Gasteiger partial charge in [-0.2, -0.15) is 5.10 Å². The van der Waals surface area contributed by atoms with Crippen LogP contribution in [-0.2, 0) is 16.6 Å². The van der Waals surface area contributed by atoms with Crippen LogP contribution in [0.3, 0.4) is 0 Å². The zero-order valence-corrected chi connectivity index (χ0v) is 16.8. The van der Waals surface area contributed by atoms with Gasteiger partial charge in [0.05, 0.1) is 11.9 Å². The van der Waals surface area contributed by atoms with Crippen LogP contribution in [0.2, 0.25) is 0 Å². The zero-order chi connectivity index (χ0) is 19.3. The fourth-order valence-corrected chi connectivity index (χ4v) is 3.44. The van der Waals surface area contributed by atoms with E-state index in [0.717, 1.165) is 50.9 Å². The van der Waals surface area contributed by atoms with Gasteiger partial charge in [-0.05, 0) is 38.5 Å². The van der Waals surface area contributed by atoms with Crippen LogP contribution in [0, 0.1) is 5.41 Å². The number of rotatable bonds is 8. The third-order valence-corrected chi connectivity index (χ3v) is 5.36. The summed E-state index contributed by atoms with van der Waals surface area (Å²) in [6, 6.07) is 0. The van der Waals surface area contributed by atoms with Crippen molar-refractivity contribution in [1.82, 2.24) is 20.0 Å². The molecule has 1 saturated carbocycles. The van der Waals surface area contributed by atoms with Gasteiger partial charge >= 0.3 is 0 Å². The summed E-state index contributed by atoms with van der Waals surface area (Å²) in [6.45, 7) is 9.02. The van der Waals surface area contributed by atoms with Crippen molar-refractivity contribution in [2.24, 2.45) is 17.5 Å². The second kappa shape index (κ2) is 8.73. The summed E-state index contributed by atoms with van der Waals surface area (Å²) in [7, 11) is 1.86. The Morgan fingerprint density at radius 1 is 1.37 bits per heavy atom. The topological polar surface area (TPSA) is 75.0 Å². The average Bonchev–Trinajstić information content (AvgIpc) is 3.30. The number of carbonyl (C=O) groups is 1. The smallest absolute Gasteiger partial charge is 0.246 e. The molecule has 1 amide bonds. The van der Waals surface area contributed by atoms with Gasteiger partial charge in [-0.3, -0.25) is 14.5 Å². The first kappa shape index (κ1) is 19.7. The Hall–Kier alpha value is -2.09. The van der Waals surface area contributed by atoms with Gasteiger partial charge in [-0.25, -0.2) is 0 Å². The molecule has 3 rings (SSSR count). The van der Waals surface area contributed by atoms with E-state index in [1.165, 1.54) is 12.8 Å². The van der Waals surface area contributed by atoms with E-state index in [1.54, 1.807) is 15.8 Å². The first-order valence-electron chi connectivity index (χ1n) is 9.97. The maximum Gasteiger partial charge on any atom is 0.246 e.